The van der Waals surface area contributed by atoms with Gasteiger partial charge in [0.1, 0.15) is 12.2 Å². The minimum Gasteiger partial charge on any atom is -0.481 e. The van der Waals surface area contributed by atoms with Crippen LogP contribution in [0.1, 0.15) is 106 Å². The number of carbonyl (C=O) groups excluding carboxylic acids is 2. The first-order valence-electron chi connectivity index (χ1n) is 18.8. The highest BCUT2D eigenvalue weighted by molar-refractivity contribution is 5.68. The highest BCUT2D eigenvalue weighted by atomic mass is 16.7. The van der Waals surface area contributed by atoms with Gasteiger partial charge in [0.15, 0.2) is 6.29 Å². The molecule has 52 heavy (non-hydrogen) atoms. The van der Waals surface area contributed by atoms with Crippen LogP contribution in [-0.2, 0) is 52.3 Å². The Morgan fingerprint density at radius 3 is 1.90 bits per heavy atom. The summed E-state index contributed by atoms with van der Waals surface area (Å²) in [4.78, 5) is 49.6. The first-order chi connectivity index (χ1) is 24.5. The van der Waals surface area contributed by atoms with E-state index >= 15 is 0 Å². The molecule has 0 aromatic heterocycles. The largest absolute Gasteiger partial charge is 0.481 e. The molecule has 14 atom stereocenters. The normalized spacial score (nSPS) is 27.2. The zero-order chi connectivity index (χ0) is 39.1. The molecule has 0 amide bonds. The van der Waals surface area contributed by atoms with E-state index in [0.717, 1.165) is 19.3 Å². The SMILES string of the molecule is CO[C@H]1C[C@H](CC[C@H](C)[C@H](CC(=O)O)[C@H](C)[C@H](CC(=O)O)[C@H](C)[C@@H](C[C@H](OC(C)=O)[C@H](C)[C@H](C[C@@H]2CC=C[C@@H](OC)O2)OC)OC(C)=O)O[C@@H](C)C1. The van der Waals surface area contributed by atoms with Gasteiger partial charge in [-0.2, -0.15) is 0 Å². The van der Waals surface area contributed by atoms with Crippen LogP contribution < -0.4 is 0 Å². The quantitative estimate of drug-likeness (QED) is 0.0916. The third kappa shape index (κ3) is 15.0. The average molecular weight is 743 g/mol. The molecule has 13 heteroatoms. The summed E-state index contributed by atoms with van der Waals surface area (Å²) in [7, 11) is 4.84. The summed E-state index contributed by atoms with van der Waals surface area (Å²) in [5, 5.41) is 20.1. The van der Waals surface area contributed by atoms with Gasteiger partial charge in [0.2, 0.25) is 0 Å². The molecule has 0 aromatic rings. The van der Waals surface area contributed by atoms with Crippen molar-refractivity contribution in [3.63, 3.8) is 0 Å². The molecule has 0 bridgehead atoms. The van der Waals surface area contributed by atoms with Crippen molar-refractivity contribution >= 4 is 23.9 Å². The lowest BCUT2D eigenvalue weighted by Gasteiger charge is -2.41. The molecule has 2 rings (SSSR count). The van der Waals surface area contributed by atoms with E-state index in [2.05, 4.69) is 0 Å². The zero-order valence-electron chi connectivity index (χ0n) is 33.0. The number of rotatable bonds is 23. The third-order valence-electron chi connectivity index (χ3n) is 11.3. The lowest BCUT2D eigenvalue weighted by atomic mass is 9.67. The van der Waals surface area contributed by atoms with Crippen molar-refractivity contribution in [2.75, 3.05) is 21.3 Å². The first-order valence-corrected chi connectivity index (χ1v) is 18.8. The van der Waals surface area contributed by atoms with Gasteiger partial charge in [-0.15, -0.1) is 0 Å². The number of hydrogen-bond donors (Lipinski definition) is 2. The lowest BCUT2D eigenvalue weighted by Crippen LogP contribution is -2.43. The standard InChI is InChI=1S/C39H66O13/c1-22(14-15-30-17-31(46-8)16-23(2)49-30)32(19-37(42)43)24(3)33(20-38(44)45)25(4)35(50-27(6)40)21-36(51-28(7)41)26(5)34(47-9)18-29-12-11-13-39(48-10)52-29/h11,13,22-26,29-36,39H,12,14-21H2,1-10H3,(H,42,43)(H,44,45)/t22-,23-,24-,25-,26+,29-,30-,31+,32-,33-,34-,35+,36-,39-/m0/s1. The molecule has 13 nitrogen and oxygen atoms in total. The number of aliphatic carboxylic acids is 2. The summed E-state index contributed by atoms with van der Waals surface area (Å²) in [5.74, 6) is -5.39. The fourth-order valence-corrected chi connectivity index (χ4v) is 8.33. The Hall–Kier alpha value is -2.58. The van der Waals surface area contributed by atoms with Gasteiger partial charge in [0.25, 0.3) is 0 Å². The molecule has 300 valence electrons. The fraction of sp³-hybridized carbons (Fsp3) is 0.846. The van der Waals surface area contributed by atoms with E-state index in [-0.39, 0.29) is 67.3 Å². The Kier molecular flexibility index (Phi) is 19.8. The van der Waals surface area contributed by atoms with E-state index in [1.54, 1.807) is 21.3 Å². The Bertz CT molecular complexity index is 1140. The summed E-state index contributed by atoms with van der Waals surface area (Å²) >= 11 is 0. The first kappa shape index (κ1) is 45.6. The van der Waals surface area contributed by atoms with Crippen LogP contribution in [0.25, 0.3) is 0 Å². The van der Waals surface area contributed by atoms with Crippen molar-refractivity contribution < 1.29 is 62.5 Å². The van der Waals surface area contributed by atoms with Gasteiger partial charge in [-0.05, 0) is 74.7 Å². The predicted molar refractivity (Wildman–Crippen MR) is 192 cm³/mol. The summed E-state index contributed by atoms with van der Waals surface area (Å²) < 4.78 is 40.8. The average Bonchev–Trinajstić information content (AvgIpc) is 3.08. The van der Waals surface area contributed by atoms with Crippen molar-refractivity contribution in [2.45, 2.75) is 155 Å². The van der Waals surface area contributed by atoms with Crippen molar-refractivity contribution in [3.8, 4) is 0 Å². The highest BCUT2D eigenvalue weighted by Crippen LogP contribution is 2.41. The Morgan fingerprint density at radius 2 is 1.37 bits per heavy atom. The zero-order valence-corrected chi connectivity index (χ0v) is 33.0. The van der Waals surface area contributed by atoms with E-state index < -0.39 is 60.3 Å². The second-order valence-electron chi connectivity index (χ2n) is 15.1. The van der Waals surface area contributed by atoms with Crippen LogP contribution in [0.4, 0.5) is 0 Å². The van der Waals surface area contributed by atoms with Crippen molar-refractivity contribution in [3.05, 3.63) is 12.2 Å². The molecular formula is C39H66O13. The van der Waals surface area contributed by atoms with Crippen LogP contribution in [0.15, 0.2) is 12.2 Å². The van der Waals surface area contributed by atoms with E-state index in [9.17, 15) is 29.4 Å². The Morgan fingerprint density at radius 1 is 0.769 bits per heavy atom. The van der Waals surface area contributed by atoms with Gasteiger partial charge >= 0.3 is 23.9 Å². The lowest BCUT2D eigenvalue weighted by molar-refractivity contribution is -0.165. The van der Waals surface area contributed by atoms with Crippen LogP contribution in [-0.4, -0.2) is 104 Å². The van der Waals surface area contributed by atoms with Gasteiger partial charge < -0.3 is 43.4 Å². The van der Waals surface area contributed by atoms with Gasteiger partial charge in [0.05, 0.1) is 30.5 Å². The smallest absolute Gasteiger partial charge is 0.303 e. The van der Waals surface area contributed by atoms with Crippen LogP contribution in [0.5, 0.6) is 0 Å². The molecule has 1 fully saturated rings. The molecule has 0 spiro atoms. The maximum Gasteiger partial charge on any atom is 0.303 e. The molecule has 2 aliphatic rings. The maximum atomic E-state index is 12.5. The maximum absolute atomic E-state index is 12.5. The van der Waals surface area contributed by atoms with Crippen LogP contribution in [0, 0.1) is 35.5 Å². The van der Waals surface area contributed by atoms with Crippen LogP contribution in [0.3, 0.4) is 0 Å². The van der Waals surface area contributed by atoms with E-state index in [1.165, 1.54) is 13.8 Å². The molecular weight excluding hydrogens is 676 g/mol. The van der Waals surface area contributed by atoms with Crippen molar-refractivity contribution in [1.82, 2.24) is 0 Å². The molecule has 2 aliphatic heterocycles. The predicted octanol–water partition coefficient (Wildman–Crippen LogP) is 6.05. The van der Waals surface area contributed by atoms with Gasteiger partial charge in [0, 0.05) is 66.8 Å². The second kappa shape index (κ2) is 22.6. The molecule has 2 N–H and O–H groups in total. The fourth-order valence-electron chi connectivity index (χ4n) is 8.33. The van der Waals surface area contributed by atoms with E-state index in [0.29, 0.717) is 19.3 Å². The minimum atomic E-state index is -1.04. The topological polar surface area (TPSA) is 173 Å². The second-order valence-corrected chi connectivity index (χ2v) is 15.1. The molecule has 2 heterocycles. The Labute approximate surface area is 310 Å². The van der Waals surface area contributed by atoms with E-state index in [1.807, 2.05) is 46.8 Å². The van der Waals surface area contributed by atoms with Gasteiger partial charge in [-0.1, -0.05) is 33.8 Å². The van der Waals surface area contributed by atoms with Gasteiger partial charge in [-0.3, -0.25) is 19.2 Å². The van der Waals surface area contributed by atoms with Gasteiger partial charge in [-0.25, -0.2) is 0 Å². The molecule has 1 saturated heterocycles. The number of methoxy groups -OCH3 is 3. The summed E-state index contributed by atoms with van der Waals surface area (Å²) in [6.07, 6.45) is 5.13. The Balaban J connectivity index is 2.36. The molecule has 0 aliphatic carbocycles. The third-order valence-corrected chi connectivity index (χ3v) is 11.3. The number of esters is 2. The highest BCUT2D eigenvalue weighted by Gasteiger charge is 2.42. The molecule has 0 saturated carbocycles. The summed E-state index contributed by atoms with van der Waals surface area (Å²) in [6, 6.07) is 0. The number of carboxylic acid groups (broad SMARTS) is 2. The summed E-state index contributed by atoms with van der Waals surface area (Å²) in [5.41, 5.74) is 0. The summed E-state index contributed by atoms with van der Waals surface area (Å²) in [6.45, 7) is 12.3. The number of carboxylic acids is 2. The van der Waals surface area contributed by atoms with Crippen molar-refractivity contribution in [2.24, 2.45) is 35.5 Å². The van der Waals surface area contributed by atoms with Crippen LogP contribution in [0.2, 0.25) is 0 Å². The molecule has 0 aromatic carbocycles. The monoisotopic (exact) mass is 742 g/mol. The number of ether oxygens (including phenoxy) is 7. The van der Waals surface area contributed by atoms with E-state index in [4.69, 9.17) is 33.2 Å². The van der Waals surface area contributed by atoms with Crippen molar-refractivity contribution in [1.29, 1.82) is 0 Å². The number of hydrogen-bond acceptors (Lipinski definition) is 11. The van der Waals surface area contributed by atoms with Crippen LogP contribution >= 0.6 is 0 Å². The molecule has 0 unspecified atom stereocenters. The number of carbonyl (C=O) groups is 4. The minimum absolute atomic E-state index is 0.0160. The molecule has 0 radical (unpaired) electrons.